The number of carbonyl (C=O) groups excluding carboxylic acids is 6. The first-order valence-electron chi connectivity index (χ1n) is 21.2. The number of hydrogen-bond donors (Lipinski definition) is 10. The number of nitrogens with two attached hydrogens (primary N) is 2. The van der Waals surface area contributed by atoms with E-state index in [1.54, 1.807) is 24.5 Å². The van der Waals surface area contributed by atoms with Crippen LogP contribution in [0.2, 0.25) is 0 Å². The summed E-state index contributed by atoms with van der Waals surface area (Å²) in [6.07, 6.45) is 5.67. The summed E-state index contributed by atoms with van der Waals surface area (Å²) in [6.45, 7) is 0.899. The van der Waals surface area contributed by atoms with Crippen LogP contribution in [0.4, 0.5) is 0 Å². The molecule has 6 rings (SSSR count). The van der Waals surface area contributed by atoms with Crippen LogP contribution in [0.3, 0.4) is 0 Å². The second-order valence-electron chi connectivity index (χ2n) is 16.0. The van der Waals surface area contributed by atoms with E-state index in [9.17, 15) is 28.8 Å². The third-order valence-corrected chi connectivity index (χ3v) is 11.6. The molecule has 3 saturated heterocycles. The first-order valence-corrected chi connectivity index (χ1v) is 21.2. The van der Waals surface area contributed by atoms with Crippen LogP contribution < -0.4 is 43.4 Å². The van der Waals surface area contributed by atoms with Gasteiger partial charge in [-0.15, -0.1) is 0 Å². The molecule has 6 atom stereocenters. The van der Waals surface area contributed by atoms with Crippen molar-refractivity contribution >= 4 is 58.1 Å². The number of hydrogen-bond acceptors (Lipinski definition) is 9. The topological polar surface area (TPSA) is 294 Å². The molecular weight excluding hydrogens is 795 g/mol. The van der Waals surface area contributed by atoms with Crippen molar-refractivity contribution in [3.05, 3.63) is 78.1 Å². The second kappa shape index (κ2) is 21.1. The van der Waals surface area contributed by atoms with E-state index in [1.165, 1.54) is 9.80 Å². The van der Waals surface area contributed by atoms with E-state index >= 15 is 0 Å². The average Bonchev–Trinajstić information content (AvgIpc) is 3.96. The fourth-order valence-corrected chi connectivity index (χ4v) is 8.44. The van der Waals surface area contributed by atoms with Gasteiger partial charge in [-0.05, 0) is 79.3 Å². The van der Waals surface area contributed by atoms with Gasteiger partial charge in [0.2, 0.25) is 35.4 Å². The van der Waals surface area contributed by atoms with Crippen molar-refractivity contribution in [3.63, 3.8) is 0 Å². The summed E-state index contributed by atoms with van der Waals surface area (Å²) in [7, 11) is 0. The van der Waals surface area contributed by atoms with Crippen LogP contribution in [0.15, 0.2) is 67.0 Å². The summed E-state index contributed by atoms with van der Waals surface area (Å²) in [4.78, 5) is 93.6. The van der Waals surface area contributed by atoms with E-state index in [2.05, 4.69) is 36.9 Å². The Morgan fingerprint density at radius 3 is 1.63 bits per heavy atom. The van der Waals surface area contributed by atoms with Gasteiger partial charge in [0.15, 0.2) is 11.9 Å². The molecule has 1 aromatic heterocycles. The van der Waals surface area contributed by atoms with Crippen LogP contribution in [0.25, 0.3) is 10.8 Å². The molecule has 3 aromatic rings. The summed E-state index contributed by atoms with van der Waals surface area (Å²) >= 11 is 0. The third kappa shape index (κ3) is 11.7. The van der Waals surface area contributed by atoms with Crippen LogP contribution in [0.5, 0.6) is 0 Å². The Hall–Kier alpha value is -6.79. The van der Waals surface area contributed by atoms with Gasteiger partial charge in [-0.3, -0.25) is 44.6 Å². The number of carbonyl (C=O) groups is 6. The summed E-state index contributed by atoms with van der Waals surface area (Å²) in [5.74, 6) is -3.91. The van der Waals surface area contributed by atoms with Crippen molar-refractivity contribution in [2.24, 2.45) is 11.5 Å². The van der Waals surface area contributed by atoms with Gasteiger partial charge in [-0.1, -0.05) is 48.5 Å². The van der Waals surface area contributed by atoms with E-state index in [-0.39, 0.29) is 63.8 Å². The fraction of sp³-hybridized carbons (Fsp3) is 0.465. The van der Waals surface area contributed by atoms with Gasteiger partial charge in [0.25, 0.3) is 0 Å². The summed E-state index contributed by atoms with van der Waals surface area (Å²) in [5, 5.41) is 34.0. The zero-order chi connectivity index (χ0) is 44.2. The molecule has 0 unspecified atom stereocenters. The fourth-order valence-electron chi connectivity index (χ4n) is 8.44. The minimum atomic E-state index is -1.16. The highest BCUT2D eigenvalue weighted by Gasteiger charge is 2.42. The Kier molecular flexibility index (Phi) is 15.3. The van der Waals surface area contributed by atoms with E-state index in [1.807, 2.05) is 42.5 Å². The van der Waals surface area contributed by atoms with E-state index in [4.69, 9.17) is 22.3 Å². The predicted molar refractivity (Wildman–Crippen MR) is 231 cm³/mol. The zero-order valence-electron chi connectivity index (χ0n) is 34.7. The molecule has 19 heteroatoms. The Morgan fingerprint density at radius 1 is 0.629 bits per heavy atom. The monoisotopic (exact) mass is 851 g/mol. The minimum Gasteiger partial charge on any atom is -0.370 e. The standard InChI is InChI=1S/C43H57N13O6/c44-42(45)49-18-4-11-30-36(57)53-32(23-26-15-16-28-9-1-2-10-29(28)22-26)40(61)55-20-6-13-34(55)38(59)52-31(12-5-19-50-43(46)47)37(58)54-33(24-27-8-3-17-48-25-27)41(62)56-21-7-14-35(56)39(60)51-30/h1-3,8-10,15-17,22,25,30-35H,4-7,11-14,18-21,23-24H2,(H,51,60)(H,52,59)(H,53,57)(H,54,58)(H4,44,45,49)(H4,46,47,50)/t30-,31-,32+,33+,34+,35+/m0/s1. The predicted octanol–water partition coefficient (Wildman–Crippen LogP) is -0.519. The summed E-state index contributed by atoms with van der Waals surface area (Å²) in [6, 6.07) is 10.4. The normalized spacial score (nSPS) is 23.9. The molecule has 3 aliphatic heterocycles. The number of aromatic nitrogens is 1. The number of rotatable bonds is 12. The first-order chi connectivity index (χ1) is 29.9. The number of amides is 6. The highest BCUT2D eigenvalue weighted by atomic mass is 16.2. The Bertz CT molecular complexity index is 2140. The van der Waals surface area contributed by atoms with Gasteiger partial charge in [-0.2, -0.15) is 0 Å². The minimum absolute atomic E-state index is 0.0352. The number of pyridine rings is 1. The van der Waals surface area contributed by atoms with Crippen molar-refractivity contribution < 1.29 is 28.8 Å². The SMILES string of the molecule is N=C(N)NCCC[C@@H]1NC(=O)[C@H]2CCCN2C(=O)[C@@H](Cc2cccnc2)NC(=O)[C@H](CCCNC(=N)N)NC(=O)[C@H]2CCCN2C(=O)[C@@H](Cc2ccc3ccccc3c2)NC1=O. The molecule has 330 valence electrons. The summed E-state index contributed by atoms with van der Waals surface area (Å²) < 4.78 is 0. The van der Waals surface area contributed by atoms with E-state index in [0.717, 1.165) is 16.3 Å². The van der Waals surface area contributed by atoms with Gasteiger partial charge in [-0.25, -0.2) is 0 Å². The van der Waals surface area contributed by atoms with Crippen molar-refractivity contribution in [2.45, 2.75) is 100 Å². The molecule has 0 bridgehead atoms. The van der Waals surface area contributed by atoms with E-state index in [0.29, 0.717) is 44.1 Å². The van der Waals surface area contributed by atoms with Gasteiger partial charge in [0, 0.05) is 51.4 Å². The quantitative estimate of drug-likeness (QED) is 0.0629. The van der Waals surface area contributed by atoms with Crippen LogP contribution >= 0.6 is 0 Å². The Labute approximate surface area is 359 Å². The average molecular weight is 852 g/mol. The number of guanidine groups is 2. The lowest BCUT2D eigenvalue weighted by Gasteiger charge is -2.33. The van der Waals surface area contributed by atoms with Gasteiger partial charge < -0.3 is 53.2 Å². The molecule has 0 radical (unpaired) electrons. The highest BCUT2D eigenvalue weighted by Crippen LogP contribution is 2.24. The van der Waals surface area contributed by atoms with Crippen LogP contribution in [-0.4, -0.2) is 125 Å². The van der Waals surface area contributed by atoms with Gasteiger partial charge in [0.1, 0.15) is 36.3 Å². The van der Waals surface area contributed by atoms with Crippen molar-refractivity contribution in [1.29, 1.82) is 10.8 Å². The number of nitrogens with zero attached hydrogens (tertiary/aromatic N) is 3. The lowest BCUT2D eigenvalue weighted by atomic mass is 9.99. The number of benzene rings is 2. The molecule has 19 nitrogen and oxygen atoms in total. The molecule has 3 fully saturated rings. The maximum Gasteiger partial charge on any atom is 0.246 e. The largest absolute Gasteiger partial charge is 0.370 e. The first kappa shape index (κ1) is 44.8. The molecule has 62 heavy (non-hydrogen) atoms. The number of fused-ring (bicyclic) bond motifs is 3. The molecule has 2 aromatic carbocycles. The highest BCUT2D eigenvalue weighted by molar-refractivity contribution is 5.99. The molecule has 6 amide bonds. The zero-order valence-corrected chi connectivity index (χ0v) is 34.7. The third-order valence-electron chi connectivity index (χ3n) is 11.6. The second-order valence-corrected chi connectivity index (χ2v) is 16.0. The lowest BCUT2D eigenvalue weighted by molar-refractivity contribution is -0.144. The van der Waals surface area contributed by atoms with Crippen LogP contribution in [-0.2, 0) is 41.6 Å². The molecule has 0 saturated carbocycles. The smallest absolute Gasteiger partial charge is 0.246 e. The molecular formula is C43H57N13O6. The van der Waals surface area contributed by atoms with Crippen LogP contribution in [0.1, 0.15) is 62.5 Å². The van der Waals surface area contributed by atoms with Crippen molar-refractivity contribution in [1.82, 2.24) is 46.7 Å². The van der Waals surface area contributed by atoms with Crippen molar-refractivity contribution in [3.8, 4) is 0 Å². The van der Waals surface area contributed by atoms with Gasteiger partial charge in [0.05, 0.1) is 0 Å². The molecule has 3 aliphatic rings. The Balaban J connectivity index is 1.37. The number of nitrogens with one attached hydrogen (secondary N) is 8. The lowest BCUT2D eigenvalue weighted by Crippen LogP contribution is -2.61. The maximum atomic E-state index is 14.7. The van der Waals surface area contributed by atoms with Gasteiger partial charge >= 0.3 is 0 Å². The van der Waals surface area contributed by atoms with E-state index < -0.39 is 71.7 Å². The van der Waals surface area contributed by atoms with Crippen molar-refractivity contribution in [2.75, 3.05) is 26.2 Å². The van der Waals surface area contributed by atoms with Crippen LogP contribution in [0, 0.1) is 10.8 Å². The molecule has 0 spiro atoms. The molecule has 4 heterocycles. The Morgan fingerprint density at radius 2 is 1.13 bits per heavy atom. The molecule has 0 aliphatic carbocycles. The molecule has 12 N–H and O–H groups in total. The maximum absolute atomic E-state index is 14.7. The summed E-state index contributed by atoms with van der Waals surface area (Å²) in [5.41, 5.74) is 12.4.